The van der Waals surface area contributed by atoms with E-state index in [1.165, 1.54) is 0 Å². The molecule has 0 aliphatic rings. The Bertz CT molecular complexity index is 1010. The van der Waals surface area contributed by atoms with E-state index in [0.717, 1.165) is 33.7 Å². The highest BCUT2D eigenvalue weighted by molar-refractivity contribution is 5.79. The van der Waals surface area contributed by atoms with Gasteiger partial charge in [0.25, 0.3) is 5.56 Å². The monoisotopic (exact) mass is 301 g/mol. The molecule has 0 unspecified atom stereocenters. The van der Waals surface area contributed by atoms with Crippen LogP contribution in [0.1, 0.15) is 5.56 Å². The van der Waals surface area contributed by atoms with Crippen LogP contribution in [-0.4, -0.2) is 14.5 Å². The minimum absolute atomic E-state index is 0.0351. The van der Waals surface area contributed by atoms with Crippen molar-refractivity contribution < 1.29 is 0 Å². The van der Waals surface area contributed by atoms with E-state index < -0.39 is 0 Å². The van der Waals surface area contributed by atoms with E-state index in [2.05, 4.69) is 9.97 Å². The molecule has 0 spiro atoms. The van der Waals surface area contributed by atoms with Gasteiger partial charge in [0.2, 0.25) is 0 Å². The zero-order valence-electron chi connectivity index (χ0n) is 12.7. The van der Waals surface area contributed by atoms with Gasteiger partial charge in [-0.25, -0.2) is 4.98 Å². The summed E-state index contributed by atoms with van der Waals surface area (Å²) in [7, 11) is 0. The molecule has 0 saturated heterocycles. The zero-order valence-corrected chi connectivity index (χ0v) is 12.7. The Morgan fingerprint density at radius 2 is 1.74 bits per heavy atom. The summed E-state index contributed by atoms with van der Waals surface area (Å²) in [4.78, 5) is 19.9. The van der Waals surface area contributed by atoms with Crippen molar-refractivity contribution in [2.45, 2.75) is 6.92 Å². The smallest absolute Gasteiger partial charge is 0.255 e. The summed E-state index contributed by atoms with van der Waals surface area (Å²) in [5, 5.41) is 0. The van der Waals surface area contributed by atoms with Gasteiger partial charge < -0.3 is 4.98 Å². The summed E-state index contributed by atoms with van der Waals surface area (Å²) in [6.45, 7) is 1.97. The molecule has 1 N–H and O–H groups in total. The van der Waals surface area contributed by atoms with Crippen LogP contribution >= 0.6 is 0 Å². The Kier molecular flexibility index (Phi) is 3.08. The number of benzene rings is 2. The van der Waals surface area contributed by atoms with Crippen molar-refractivity contribution in [3.63, 3.8) is 0 Å². The second kappa shape index (κ2) is 5.25. The average Bonchev–Trinajstić information content (AvgIpc) is 3.01. The molecule has 0 amide bonds. The molecule has 4 heteroatoms. The molecule has 112 valence electrons. The normalized spacial score (nSPS) is 11.0. The number of rotatable bonds is 2. The summed E-state index contributed by atoms with van der Waals surface area (Å²) in [6, 6.07) is 19.2. The molecule has 0 fully saturated rings. The third kappa shape index (κ3) is 2.44. The molecule has 0 bridgehead atoms. The van der Waals surface area contributed by atoms with Crippen molar-refractivity contribution in [1.29, 1.82) is 0 Å². The van der Waals surface area contributed by atoms with Gasteiger partial charge in [-0.1, -0.05) is 18.2 Å². The predicted octanol–water partition coefficient (Wildman–Crippen LogP) is 3.69. The summed E-state index contributed by atoms with van der Waals surface area (Å²) < 4.78 is 1.65. The number of aryl methyl sites for hydroxylation is 1. The molecule has 0 atom stereocenters. The first-order valence-electron chi connectivity index (χ1n) is 7.45. The van der Waals surface area contributed by atoms with Crippen LogP contribution in [0.4, 0.5) is 0 Å². The highest BCUT2D eigenvalue weighted by Gasteiger charge is 2.06. The Morgan fingerprint density at radius 1 is 0.957 bits per heavy atom. The molecule has 4 nitrogen and oxygen atoms in total. The van der Waals surface area contributed by atoms with Crippen molar-refractivity contribution in [2.24, 2.45) is 0 Å². The van der Waals surface area contributed by atoms with E-state index >= 15 is 0 Å². The topological polar surface area (TPSA) is 50.7 Å². The van der Waals surface area contributed by atoms with Crippen molar-refractivity contribution in [3.8, 4) is 17.1 Å². The largest absolute Gasteiger partial charge is 0.338 e. The first-order chi connectivity index (χ1) is 11.2. The van der Waals surface area contributed by atoms with E-state index in [4.69, 9.17) is 0 Å². The molecule has 2 heterocycles. The Morgan fingerprint density at radius 3 is 2.52 bits per heavy atom. The van der Waals surface area contributed by atoms with Gasteiger partial charge in [-0.3, -0.25) is 9.36 Å². The van der Waals surface area contributed by atoms with Gasteiger partial charge in [0.05, 0.1) is 11.0 Å². The predicted molar refractivity (Wildman–Crippen MR) is 91.9 cm³/mol. The lowest BCUT2D eigenvalue weighted by atomic mass is 10.2. The van der Waals surface area contributed by atoms with Crippen LogP contribution in [0.5, 0.6) is 0 Å². The van der Waals surface area contributed by atoms with E-state index in [1.54, 1.807) is 10.6 Å². The molecule has 0 aliphatic heterocycles. The number of imidazole rings is 1. The molecule has 0 aliphatic carbocycles. The number of nitrogens with one attached hydrogen (secondary N) is 1. The highest BCUT2D eigenvalue weighted by atomic mass is 16.1. The zero-order chi connectivity index (χ0) is 15.8. The number of pyridine rings is 1. The van der Waals surface area contributed by atoms with Gasteiger partial charge in [0.1, 0.15) is 5.82 Å². The Balaban J connectivity index is 1.75. The van der Waals surface area contributed by atoms with Crippen LogP contribution < -0.4 is 5.56 Å². The number of hydrogen-bond acceptors (Lipinski definition) is 2. The molecular weight excluding hydrogens is 286 g/mol. The van der Waals surface area contributed by atoms with Crippen LogP contribution in [0.15, 0.2) is 71.7 Å². The van der Waals surface area contributed by atoms with Crippen LogP contribution in [0.25, 0.3) is 28.1 Å². The lowest BCUT2D eigenvalue weighted by Gasteiger charge is -2.07. The Labute approximate surface area is 133 Å². The number of hydrogen-bond donors (Lipinski definition) is 1. The molecule has 0 radical (unpaired) electrons. The fraction of sp³-hybridized carbons (Fsp3) is 0.0526. The third-order valence-corrected chi connectivity index (χ3v) is 3.87. The maximum atomic E-state index is 12.0. The summed E-state index contributed by atoms with van der Waals surface area (Å²) in [6.07, 6.45) is 1.85. The lowest BCUT2D eigenvalue weighted by Crippen LogP contribution is -2.16. The molecule has 0 saturated carbocycles. The van der Waals surface area contributed by atoms with E-state index in [-0.39, 0.29) is 5.56 Å². The molecule has 4 rings (SSSR count). The van der Waals surface area contributed by atoms with Gasteiger partial charge in [-0.2, -0.15) is 0 Å². The molecular formula is C19H15N3O. The maximum absolute atomic E-state index is 12.0. The lowest BCUT2D eigenvalue weighted by molar-refractivity contribution is 0.976. The quantitative estimate of drug-likeness (QED) is 0.614. The fourth-order valence-electron chi connectivity index (χ4n) is 2.66. The van der Waals surface area contributed by atoms with Crippen molar-refractivity contribution in [3.05, 3.63) is 82.8 Å². The van der Waals surface area contributed by atoms with Gasteiger partial charge in [-0.15, -0.1) is 0 Å². The molecule has 4 aromatic rings. The second-order valence-electron chi connectivity index (χ2n) is 5.56. The molecule has 23 heavy (non-hydrogen) atoms. The molecule has 2 aromatic carbocycles. The van der Waals surface area contributed by atoms with Gasteiger partial charge in [0.15, 0.2) is 0 Å². The number of aromatic nitrogens is 3. The third-order valence-electron chi connectivity index (χ3n) is 3.87. The molecule has 2 aromatic heterocycles. The van der Waals surface area contributed by atoms with Crippen molar-refractivity contribution >= 4 is 11.0 Å². The Hall–Kier alpha value is -3.14. The minimum atomic E-state index is -0.0351. The first-order valence-corrected chi connectivity index (χ1v) is 7.45. The van der Waals surface area contributed by atoms with Gasteiger partial charge >= 0.3 is 0 Å². The highest BCUT2D eigenvalue weighted by Crippen LogP contribution is 2.21. The number of aromatic amines is 1. The van der Waals surface area contributed by atoms with Crippen molar-refractivity contribution in [2.75, 3.05) is 0 Å². The second-order valence-corrected chi connectivity index (χ2v) is 5.56. The first kappa shape index (κ1) is 13.5. The maximum Gasteiger partial charge on any atom is 0.255 e. The summed E-state index contributed by atoms with van der Waals surface area (Å²) >= 11 is 0. The standard InChI is InChI=1S/C19H15N3O/c1-13-6-11-18(23)22(12-13)15-9-7-14(8-10-15)19-20-16-4-2-3-5-17(16)21-19/h2-12H,1H3,(H,20,21). The summed E-state index contributed by atoms with van der Waals surface area (Å²) in [5.74, 6) is 0.828. The van der Waals surface area contributed by atoms with Crippen molar-refractivity contribution in [1.82, 2.24) is 14.5 Å². The van der Waals surface area contributed by atoms with Crippen LogP contribution in [0.3, 0.4) is 0 Å². The van der Waals surface area contributed by atoms with E-state index in [1.807, 2.05) is 67.7 Å². The van der Waals surface area contributed by atoms with Gasteiger partial charge in [-0.05, 0) is 48.9 Å². The SMILES string of the molecule is Cc1ccc(=O)n(-c2ccc(-c3nc4ccccc4[nH]3)cc2)c1. The number of fused-ring (bicyclic) bond motifs is 1. The van der Waals surface area contributed by atoms with E-state index in [0.29, 0.717) is 0 Å². The fourth-order valence-corrected chi connectivity index (χ4v) is 2.66. The van der Waals surface area contributed by atoms with Crippen LogP contribution in [0.2, 0.25) is 0 Å². The van der Waals surface area contributed by atoms with Crippen LogP contribution in [0, 0.1) is 6.92 Å². The van der Waals surface area contributed by atoms with Crippen LogP contribution in [-0.2, 0) is 0 Å². The number of nitrogens with zero attached hydrogens (tertiary/aromatic N) is 2. The summed E-state index contributed by atoms with van der Waals surface area (Å²) in [5.41, 5.74) is 4.81. The number of para-hydroxylation sites is 2. The van der Waals surface area contributed by atoms with E-state index in [9.17, 15) is 4.79 Å². The number of H-pyrrole nitrogens is 1. The minimum Gasteiger partial charge on any atom is -0.338 e. The van der Waals surface area contributed by atoms with Gasteiger partial charge in [0, 0.05) is 23.5 Å². The average molecular weight is 301 g/mol.